The fraction of sp³-hybridized carbons (Fsp3) is 0.585. The van der Waals surface area contributed by atoms with E-state index in [1.165, 1.54) is 64.8 Å². The summed E-state index contributed by atoms with van der Waals surface area (Å²) in [4.78, 5) is 181. The molecule has 28 nitrogen and oxygen atoms in total. The largest absolute Gasteiger partial charge is 0.505 e. The molecule has 3 aliphatic rings. The highest BCUT2D eigenvalue weighted by molar-refractivity contribution is 6.01. The number of pyridine rings is 2. The van der Waals surface area contributed by atoms with Crippen molar-refractivity contribution < 1.29 is 77.2 Å². The van der Waals surface area contributed by atoms with Crippen LogP contribution in [0.4, 0.5) is 0 Å². The molecule has 10 amide bonds. The molecule has 3 saturated heterocycles. The monoisotopic (exact) mass is 1140 g/mol. The molecule has 3 aliphatic heterocycles. The van der Waals surface area contributed by atoms with Crippen LogP contribution in [-0.4, -0.2) is 238 Å². The number of carbonyl (C=O) groups is 12. The molecule has 2 aromatic rings. The Hall–Kier alpha value is -8.46. The van der Waals surface area contributed by atoms with Gasteiger partial charge in [0.05, 0.1) is 26.2 Å². The SMILES string of the molecule is C.CC(C)[C@H]1C(=O)OC[C@@H](NC(=O)c2ncccc2O)C(=O)N2CCCC[C@H]2C(=O)NCC(=O)N(C)CC(=O)N(C)[C@@H](C(C)C)C(=O)OC[C@@H](NC(=O)c2ncccc2O)C(=O)N2CCCC[C@H]2C(=O)NCC(=O)N(C)CC(=O)N1C. The van der Waals surface area contributed by atoms with Crippen LogP contribution in [-0.2, 0) is 57.4 Å². The summed E-state index contributed by atoms with van der Waals surface area (Å²) in [5, 5.41) is 30.7. The molecule has 0 aromatic carbocycles. The molecular weight excluding hydrogens is 1060 g/mol. The second-order valence-electron chi connectivity index (χ2n) is 20.5. The first-order valence-electron chi connectivity index (χ1n) is 26.2. The van der Waals surface area contributed by atoms with E-state index in [-0.39, 0.29) is 33.4 Å². The molecule has 28 heteroatoms. The average molecular weight is 1140 g/mol. The maximum atomic E-state index is 14.5. The zero-order valence-electron chi connectivity index (χ0n) is 46.2. The Kier molecular flexibility index (Phi) is 23.8. The maximum absolute atomic E-state index is 14.5. The highest BCUT2D eigenvalue weighted by Crippen LogP contribution is 2.23. The number of hydrogen-bond donors (Lipinski definition) is 6. The Morgan fingerprint density at radius 2 is 0.938 bits per heavy atom. The summed E-state index contributed by atoms with van der Waals surface area (Å²) >= 11 is 0. The Morgan fingerprint density at radius 3 is 1.27 bits per heavy atom. The summed E-state index contributed by atoms with van der Waals surface area (Å²) in [5.74, 6) is -12.7. The van der Waals surface area contributed by atoms with Gasteiger partial charge in [-0.25, -0.2) is 19.6 Å². The number of rotatable bonds is 6. The molecule has 444 valence electrons. The number of aromatic hydroxyl groups is 2. The second kappa shape index (κ2) is 29.7. The zero-order chi connectivity index (χ0) is 59.1. The van der Waals surface area contributed by atoms with Crippen LogP contribution in [0.3, 0.4) is 0 Å². The first-order chi connectivity index (χ1) is 37.8. The Morgan fingerprint density at radius 1 is 0.580 bits per heavy atom. The van der Waals surface area contributed by atoms with E-state index in [2.05, 4.69) is 31.2 Å². The van der Waals surface area contributed by atoms with Crippen molar-refractivity contribution in [2.24, 2.45) is 11.8 Å². The predicted octanol–water partition coefficient (Wildman–Crippen LogP) is -1.60. The van der Waals surface area contributed by atoms with Crippen molar-refractivity contribution in [1.82, 2.24) is 60.6 Å². The lowest BCUT2D eigenvalue weighted by Crippen LogP contribution is -2.59. The number of carbonyl (C=O) groups excluding carboxylic acids is 12. The highest BCUT2D eigenvalue weighted by Gasteiger charge is 2.42. The molecule has 81 heavy (non-hydrogen) atoms. The van der Waals surface area contributed by atoms with Gasteiger partial charge in [0.25, 0.3) is 11.8 Å². The number of amides is 10. The molecule has 6 atom stereocenters. The Labute approximate surface area is 469 Å². The summed E-state index contributed by atoms with van der Waals surface area (Å²) in [6.45, 7) is 2.23. The van der Waals surface area contributed by atoms with Gasteiger partial charge in [-0.3, -0.25) is 47.9 Å². The van der Waals surface area contributed by atoms with Gasteiger partial charge >= 0.3 is 11.9 Å². The molecule has 6 N–H and O–H groups in total. The first kappa shape index (κ1) is 65.1. The number of nitrogens with zero attached hydrogens (tertiary/aromatic N) is 8. The van der Waals surface area contributed by atoms with Crippen LogP contribution >= 0.6 is 0 Å². The van der Waals surface area contributed by atoms with Gasteiger partial charge < -0.3 is 70.4 Å². The topological polar surface area (TPSA) is 357 Å². The minimum atomic E-state index is -1.69. The summed E-state index contributed by atoms with van der Waals surface area (Å²) in [5.41, 5.74) is -0.942. The number of piperidine rings is 2. The van der Waals surface area contributed by atoms with Gasteiger partial charge in [0.2, 0.25) is 47.3 Å². The summed E-state index contributed by atoms with van der Waals surface area (Å²) < 4.78 is 11.3. The number of likely N-dealkylation sites (N-methyl/N-ethyl adjacent to an activating group) is 4. The maximum Gasteiger partial charge on any atom is 0.329 e. The van der Waals surface area contributed by atoms with Crippen molar-refractivity contribution in [2.45, 2.75) is 110 Å². The van der Waals surface area contributed by atoms with Crippen LogP contribution in [0.15, 0.2) is 36.7 Å². The van der Waals surface area contributed by atoms with Crippen LogP contribution in [0.25, 0.3) is 0 Å². The molecule has 5 rings (SSSR count). The van der Waals surface area contributed by atoms with Crippen molar-refractivity contribution in [1.29, 1.82) is 0 Å². The van der Waals surface area contributed by atoms with E-state index >= 15 is 0 Å². The number of aromatic nitrogens is 2. The van der Waals surface area contributed by atoms with Gasteiger partial charge in [-0.05, 0) is 74.6 Å². The molecule has 0 aliphatic carbocycles. The highest BCUT2D eigenvalue weighted by atomic mass is 16.5. The Bertz CT molecular complexity index is 2490. The smallest absolute Gasteiger partial charge is 0.329 e. The van der Waals surface area contributed by atoms with E-state index in [1.54, 1.807) is 27.7 Å². The number of hydrogen-bond acceptors (Lipinski definition) is 18. The van der Waals surface area contributed by atoms with Crippen LogP contribution in [0.5, 0.6) is 11.5 Å². The van der Waals surface area contributed by atoms with Gasteiger partial charge in [-0.2, -0.15) is 0 Å². The average Bonchev–Trinajstić information content (AvgIpc) is 3.44. The standard InChI is InChI=1S/C52H72N12O16.CH4/c1-29(2)43-51(77)79-27-31(57-47(73)41-35(65)17-13-19-53-41)49(75)63-21-11-9-15-33(63)45(71)56-24-38(68)60(6)26-40(70)62(8)44(30(3)4)52(78)80-28-32(58-48(74)42-36(66)18-14-20-54-42)50(76)64-22-12-10-16-34(64)46(72)55-23-37(67)59(5)25-39(69)61(43)7;/h13-14,17-20,29-34,43-44,65-66H,9-12,15-16,21-28H2,1-8H3,(H,55,72)(H,56,71)(H,57,73)(H,58,74);1H4/t31-,32-,33+,34+,43+,44+;/m1./s1. The van der Waals surface area contributed by atoms with E-state index in [0.29, 0.717) is 25.7 Å². The third-order valence-electron chi connectivity index (χ3n) is 14.0. The lowest BCUT2D eigenvalue weighted by atomic mass is 10.00. The number of fused-ring (bicyclic) bond motifs is 2. The van der Waals surface area contributed by atoms with Crippen molar-refractivity contribution in [3.05, 3.63) is 48.0 Å². The van der Waals surface area contributed by atoms with Crippen molar-refractivity contribution >= 4 is 71.0 Å². The third kappa shape index (κ3) is 16.8. The molecule has 0 radical (unpaired) electrons. The van der Waals surface area contributed by atoms with Crippen LogP contribution < -0.4 is 21.3 Å². The molecule has 0 bridgehead atoms. The second-order valence-corrected chi connectivity index (χ2v) is 20.5. The minimum Gasteiger partial charge on any atom is -0.505 e. The zero-order valence-corrected chi connectivity index (χ0v) is 46.2. The molecule has 3 fully saturated rings. The Balaban J connectivity index is 0.0000141. The molecule has 0 spiro atoms. The summed E-state index contributed by atoms with van der Waals surface area (Å²) in [6, 6.07) is -3.37. The van der Waals surface area contributed by atoms with Gasteiger partial charge in [0.15, 0.2) is 11.4 Å². The van der Waals surface area contributed by atoms with Gasteiger partial charge in [0, 0.05) is 53.7 Å². The van der Waals surface area contributed by atoms with E-state index in [1.807, 2.05) is 0 Å². The van der Waals surface area contributed by atoms with Crippen LogP contribution in [0.1, 0.15) is 94.6 Å². The summed E-state index contributed by atoms with van der Waals surface area (Å²) in [6.07, 6.45) is 4.42. The number of nitrogens with one attached hydrogen (secondary N) is 4. The van der Waals surface area contributed by atoms with E-state index in [0.717, 1.165) is 29.4 Å². The fourth-order valence-electron chi connectivity index (χ4n) is 9.49. The lowest BCUT2D eigenvalue weighted by molar-refractivity contribution is -0.159. The van der Waals surface area contributed by atoms with Gasteiger partial charge in [-0.1, -0.05) is 35.1 Å². The van der Waals surface area contributed by atoms with Gasteiger partial charge in [-0.15, -0.1) is 0 Å². The molecule has 5 heterocycles. The number of esters is 2. The van der Waals surface area contributed by atoms with Crippen molar-refractivity contribution in [3.8, 4) is 11.5 Å². The van der Waals surface area contributed by atoms with E-state index in [4.69, 9.17) is 9.47 Å². The van der Waals surface area contributed by atoms with E-state index in [9.17, 15) is 67.7 Å². The number of ether oxygens (including phenoxy) is 2. The van der Waals surface area contributed by atoms with Crippen LogP contribution in [0, 0.1) is 11.8 Å². The normalized spacial score (nSPS) is 23.7. The lowest BCUT2D eigenvalue weighted by Gasteiger charge is -2.37. The third-order valence-corrected chi connectivity index (χ3v) is 14.0. The molecule has 0 saturated carbocycles. The van der Waals surface area contributed by atoms with Crippen molar-refractivity contribution in [3.63, 3.8) is 0 Å². The fourth-order valence-corrected chi connectivity index (χ4v) is 9.49. The van der Waals surface area contributed by atoms with Gasteiger partial charge in [0.1, 0.15) is 61.0 Å². The predicted molar refractivity (Wildman–Crippen MR) is 286 cm³/mol. The van der Waals surface area contributed by atoms with Crippen LogP contribution in [0.2, 0.25) is 0 Å². The molecule has 0 unspecified atom stereocenters. The quantitative estimate of drug-likeness (QED) is 0.177. The molecular formula is C53H76N12O16. The number of cyclic esters (lactones) is 2. The van der Waals surface area contributed by atoms with Crippen molar-refractivity contribution in [2.75, 3.05) is 80.7 Å². The van der Waals surface area contributed by atoms with E-state index < -0.39 is 181 Å². The molecule has 2 aromatic heterocycles. The minimum absolute atomic E-state index is 0. The first-order valence-corrected chi connectivity index (χ1v) is 26.2. The summed E-state index contributed by atoms with van der Waals surface area (Å²) in [7, 11) is 5.13.